The summed E-state index contributed by atoms with van der Waals surface area (Å²) >= 11 is 0. The van der Waals surface area contributed by atoms with Gasteiger partial charge in [-0.3, -0.25) is 19.4 Å². The van der Waals surface area contributed by atoms with Gasteiger partial charge in [-0.2, -0.15) is 0 Å². The molecule has 1 aromatic rings. The number of carbonyl (C=O) groups excluding carboxylic acids is 3. The highest BCUT2D eigenvalue weighted by molar-refractivity contribution is 5.75. The molecule has 0 aliphatic heterocycles. The minimum absolute atomic E-state index is 0.0417. The fourth-order valence-electron chi connectivity index (χ4n) is 7.11. The van der Waals surface area contributed by atoms with E-state index in [-0.39, 0.29) is 29.0 Å². The van der Waals surface area contributed by atoms with Crippen LogP contribution in [-0.4, -0.2) is 81.0 Å². The molecule has 0 aromatic carbocycles. The summed E-state index contributed by atoms with van der Waals surface area (Å²) in [5.41, 5.74) is 1.42. The van der Waals surface area contributed by atoms with Crippen molar-refractivity contribution in [3.05, 3.63) is 30.1 Å². The molecule has 0 N–H and O–H groups in total. The number of hydrogen-bond acceptors (Lipinski definition) is 8. The number of nitrogens with zero attached hydrogens (tertiary/aromatic N) is 2. The summed E-state index contributed by atoms with van der Waals surface area (Å²) in [5.74, 6) is 7.70. The molecule has 9 heteroatoms. The van der Waals surface area contributed by atoms with E-state index in [4.69, 9.17) is 9.47 Å². The third kappa shape index (κ3) is 79.7. The average Bonchev–Trinajstić information content (AvgIpc) is 3.37. The van der Waals surface area contributed by atoms with Gasteiger partial charge < -0.3 is 23.8 Å². The minimum Gasteiger partial charge on any atom is -0.469 e. The first-order valence-corrected chi connectivity index (χ1v) is 32.4. The van der Waals surface area contributed by atoms with Crippen LogP contribution in [0.1, 0.15) is 301 Å². The zero-order valence-corrected chi connectivity index (χ0v) is 59.7. The molecular weight excluding hydrogens is 993 g/mol. The first-order valence-electron chi connectivity index (χ1n) is 32.4. The molecular formula is C71H146N2O7. The second-order valence-corrected chi connectivity index (χ2v) is 26.9. The number of amides is 1. The molecule has 1 fully saturated rings. The Kier molecular flexibility index (Phi) is 69.6. The Balaban J connectivity index is -0.000000151. The molecule has 482 valence electrons. The van der Waals surface area contributed by atoms with Crippen LogP contribution in [0.2, 0.25) is 0 Å². The molecule has 1 aromatic heterocycles. The van der Waals surface area contributed by atoms with Crippen LogP contribution < -0.4 is 0 Å². The molecule has 2 rings (SSSR count). The highest BCUT2D eigenvalue weighted by Gasteiger charge is 2.22. The van der Waals surface area contributed by atoms with Crippen LogP contribution in [0.25, 0.3) is 0 Å². The van der Waals surface area contributed by atoms with Crippen LogP contribution in [0.15, 0.2) is 24.5 Å². The molecule has 0 unspecified atom stereocenters. The van der Waals surface area contributed by atoms with E-state index in [2.05, 4.69) is 187 Å². The maximum atomic E-state index is 11.0. The fraction of sp³-hybridized carbons (Fsp3) is 0.887. The molecule has 1 aliphatic rings. The Labute approximate surface area is 502 Å². The van der Waals surface area contributed by atoms with Crippen molar-refractivity contribution in [2.45, 2.75) is 313 Å². The largest absolute Gasteiger partial charge is 0.469 e. The molecule has 1 heterocycles. The summed E-state index contributed by atoms with van der Waals surface area (Å²) in [6, 6.07) is 4.10. The van der Waals surface area contributed by atoms with E-state index in [1.165, 1.54) is 96.8 Å². The van der Waals surface area contributed by atoms with E-state index in [0.717, 1.165) is 74.2 Å². The number of hydrogen-bond donors (Lipinski definition) is 0. The van der Waals surface area contributed by atoms with Crippen molar-refractivity contribution >= 4 is 17.8 Å². The van der Waals surface area contributed by atoms with Gasteiger partial charge >= 0.3 is 11.9 Å². The predicted molar refractivity (Wildman–Crippen MR) is 354 cm³/mol. The fourth-order valence-corrected chi connectivity index (χ4v) is 7.11. The second kappa shape index (κ2) is 61.1. The topological polar surface area (TPSA) is 104 Å². The Morgan fingerprint density at radius 2 is 1.00 bits per heavy atom. The third-order valence-electron chi connectivity index (χ3n) is 13.9. The molecule has 1 aliphatic carbocycles. The summed E-state index contributed by atoms with van der Waals surface area (Å²) in [6.07, 6.45) is 27.7. The number of rotatable bonds is 25. The van der Waals surface area contributed by atoms with Crippen molar-refractivity contribution in [1.29, 1.82) is 0 Å². The van der Waals surface area contributed by atoms with Crippen molar-refractivity contribution in [2.75, 3.05) is 42.0 Å². The summed E-state index contributed by atoms with van der Waals surface area (Å²) in [6.45, 7) is 55.4. The van der Waals surface area contributed by atoms with Gasteiger partial charge in [0, 0.05) is 59.5 Å². The van der Waals surface area contributed by atoms with Gasteiger partial charge in [0.15, 0.2) is 0 Å². The van der Waals surface area contributed by atoms with Crippen molar-refractivity contribution in [3.63, 3.8) is 0 Å². The van der Waals surface area contributed by atoms with Crippen LogP contribution >= 0.6 is 0 Å². The molecule has 0 radical (unpaired) electrons. The van der Waals surface area contributed by atoms with Crippen molar-refractivity contribution < 1.29 is 33.3 Å². The number of ether oxygens (including phenoxy) is 4. The predicted octanol–water partition coefficient (Wildman–Crippen LogP) is 21.2. The van der Waals surface area contributed by atoms with Crippen LogP contribution in [-0.2, 0) is 39.8 Å². The lowest BCUT2D eigenvalue weighted by Crippen LogP contribution is -2.30. The van der Waals surface area contributed by atoms with Gasteiger partial charge in [0.05, 0.1) is 25.4 Å². The molecule has 0 atom stereocenters. The van der Waals surface area contributed by atoms with Gasteiger partial charge in [0.25, 0.3) is 0 Å². The quantitative estimate of drug-likeness (QED) is 0.0704. The molecule has 80 heavy (non-hydrogen) atoms. The minimum atomic E-state index is -0.108. The Morgan fingerprint density at radius 3 is 1.29 bits per heavy atom. The van der Waals surface area contributed by atoms with E-state index in [9.17, 15) is 14.4 Å². The van der Waals surface area contributed by atoms with E-state index in [0.29, 0.717) is 42.9 Å². The van der Waals surface area contributed by atoms with Gasteiger partial charge in [-0.1, -0.05) is 222 Å². The Hall–Kier alpha value is -2.52. The molecule has 0 spiro atoms. The monoisotopic (exact) mass is 1140 g/mol. The number of pyridine rings is 1. The van der Waals surface area contributed by atoms with Gasteiger partial charge in [0.2, 0.25) is 5.91 Å². The SMILES string of the molecule is CC(C)CC1CCCCC1.CC(C)CCC(=O)N(C)C.CC(C)Cc1cccnc1.CCCC(C)C.CCCCC(C)C.CCOC(C)(C)C(C)C.COC(=O)CCC(C)C.COC(=O)CCCCC(C)C.COC(C)(C)C(C)C. The number of aromatic nitrogens is 1. The Morgan fingerprint density at radius 1 is 0.550 bits per heavy atom. The van der Waals surface area contributed by atoms with Gasteiger partial charge in [0.1, 0.15) is 0 Å². The van der Waals surface area contributed by atoms with Crippen molar-refractivity contribution in [1.82, 2.24) is 9.88 Å². The summed E-state index contributed by atoms with van der Waals surface area (Å²) < 4.78 is 19.7. The molecule has 0 saturated heterocycles. The smallest absolute Gasteiger partial charge is 0.305 e. The zero-order chi connectivity index (χ0) is 63.9. The highest BCUT2D eigenvalue weighted by Crippen LogP contribution is 2.28. The number of methoxy groups -OCH3 is 3. The Bertz CT molecular complexity index is 1410. The summed E-state index contributed by atoms with van der Waals surface area (Å²) in [4.78, 5) is 37.8. The van der Waals surface area contributed by atoms with Crippen LogP contribution in [0.5, 0.6) is 0 Å². The lowest BCUT2D eigenvalue weighted by molar-refractivity contribution is -0.141. The average molecular weight is 1140 g/mol. The lowest BCUT2D eigenvalue weighted by atomic mass is 9.84. The second-order valence-electron chi connectivity index (χ2n) is 26.9. The van der Waals surface area contributed by atoms with E-state index in [1.807, 2.05) is 25.4 Å². The lowest BCUT2D eigenvalue weighted by Gasteiger charge is -2.28. The number of carbonyl (C=O) groups is 3. The molecule has 9 nitrogen and oxygen atoms in total. The molecule has 1 amide bonds. The highest BCUT2D eigenvalue weighted by atomic mass is 16.5. The molecule has 0 bridgehead atoms. The van der Waals surface area contributed by atoms with Gasteiger partial charge in [-0.25, -0.2) is 0 Å². The summed E-state index contributed by atoms with van der Waals surface area (Å²) in [7, 11) is 8.19. The van der Waals surface area contributed by atoms with E-state index >= 15 is 0 Å². The molecule has 1 saturated carbocycles. The third-order valence-corrected chi connectivity index (χ3v) is 13.9. The van der Waals surface area contributed by atoms with Crippen molar-refractivity contribution in [3.8, 4) is 0 Å². The maximum Gasteiger partial charge on any atom is 0.305 e. The maximum absolute atomic E-state index is 11.0. The normalized spacial score (nSPS) is 12.1. The van der Waals surface area contributed by atoms with Crippen LogP contribution in [0.4, 0.5) is 0 Å². The van der Waals surface area contributed by atoms with Crippen molar-refractivity contribution in [2.24, 2.45) is 59.2 Å². The summed E-state index contributed by atoms with van der Waals surface area (Å²) in [5, 5.41) is 0. The first-order chi connectivity index (χ1) is 37.0. The first kappa shape index (κ1) is 91.2. The van der Waals surface area contributed by atoms with E-state index in [1.54, 1.807) is 26.1 Å². The van der Waals surface area contributed by atoms with Gasteiger partial charge in [-0.05, 0) is 138 Å². The van der Waals surface area contributed by atoms with Gasteiger partial charge in [-0.15, -0.1) is 0 Å². The standard InChI is InChI=1S/C10H20.C9H13N.C9H18O2.C8H17NO.C8H18O.C7H14O2.C7H16O.C7H16.C6H14/c1-9(2)8-10-6-4-3-5-7-10;1-8(2)6-9-4-3-5-10-7-9;1-8(2)6-4-5-7-9(10)11-3;1-7(2)5-6-8(10)9(3)4;1-6-9-8(4,5)7(2)3;1-6(2)4-5-7(8)9-3;1-6(2)7(3,4)8-5;1-4-5-6-7(2)3;1-4-5-6(2)3/h9-10H,3-8H2,1-2H3;3-5,7-8H,6H2,1-2H3;8H,4-7H2,1-3H3;7H,5-6H2,1-4H3;7H,6H2,1-5H3;6H,4-5H2,1-3H3;6H,1-5H3;7H,4-6H2,1-3H3;6H,4-5H2,1-3H3. The van der Waals surface area contributed by atoms with E-state index < -0.39 is 0 Å². The number of esters is 2. The van der Waals surface area contributed by atoms with Crippen LogP contribution in [0.3, 0.4) is 0 Å². The van der Waals surface area contributed by atoms with Crippen LogP contribution in [0, 0.1) is 59.2 Å². The number of unbranched alkanes of at least 4 members (excludes halogenated alkanes) is 2. The zero-order valence-electron chi connectivity index (χ0n) is 59.7.